The van der Waals surface area contributed by atoms with Gasteiger partial charge in [-0.15, -0.1) is 0 Å². The van der Waals surface area contributed by atoms with Gasteiger partial charge in [0.15, 0.2) is 0 Å². The van der Waals surface area contributed by atoms with Gasteiger partial charge in [0.05, 0.1) is 6.21 Å². The van der Waals surface area contributed by atoms with Gasteiger partial charge in [-0.3, -0.25) is 4.79 Å². The van der Waals surface area contributed by atoms with E-state index in [0.29, 0.717) is 6.42 Å². The fraction of sp³-hybridized carbons (Fsp3) is 0.579. The van der Waals surface area contributed by atoms with Crippen LogP contribution < -0.4 is 5.43 Å². The molecular weight excluding hydrogens is 286 g/mol. The Morgan fingerprint density at radius 3 is 2.43 bits per heavy atom. The van der Waals surface area contributed by atoms with Crippen LogP contribution in [-0.2, 0) is 10.2 Å². The number of hydrazone groups is 1. The molecule has 0 spiro atoms. The molecule has 0 aliphatic carbocycles. The van der Waals surface area contributed by atoms with Crippen LogP contribution in [0.1, 0.15) is 57.6 Å². The SMILES string of the molecule is CC(C)(C)c1ccc(/C=N/NC(=O)CCN2CCCCC2)cc1. The van der Waals surface area contributed by atoms with E-state index in [1.54, 1.807) is 6.21 Å². The maximum atomic E-state index is 11.8. The largest absolute Gasteiger partial charge is 0.303 e. The lowest BCUT2D eigenvalue weighted by atomic mass is 9.87. The first kappa shape index (κ1) is 17.7. The Morgan fingerprint density at radius 2 is 1.83 bits per heavy atom. The molecule has 126 valence electrons. The number of carbonyl (C=O) groups excluding carboxylic acids is 1. The van der Waals surface area contributed by atoms with Gasteiger partial charge in [0.1, 0.15) is 0 Å². The topological polar surface area (TPSA) is 44.7 Å². The van der Waals surface area contributed by atoms with Crippen molar-refractivity contribution in [2.75, 3.05) is 19.6 Å². The summed E-state index contributed by atoms with van der Waals surface area (Å²) in [5.74, 6) is -0.0156. The molecule has 4 heteroatoms. The van der Waals surface area contributed by atoms with E-state index < -0.39 is 0 Å². The van der Waals surface area contributed by atoms with Crippen molar-refractivity contribution >= 4 is 12.1 Å². The van der Waals surface area contributed by atoms with Crippen molar-refractivity contribution in [3.63, 3.8) is 0 Å². The van der Waals surface area contributed by atoms with Crippen LogP contribution in [-0.4, -0.2) is 36.7 Å². The molecule has 0 aromatic heterocycles. The minimum Gasteiger partial charge on any atom is -0.303 e. The maximum Gasteiger partial charge on any atom is 0.241 e. The van der Waals surface area contributed by atoms with Gasteiger partial charge >= 0.3 is 0 Å². The van der Waals surface area contributed by atoms with Crippen molar-refractivity contribution in [1.82, 2.24) is 10.3 Å². The summed E-state index contributed by atoms with van der Waals surface area (Å²) in [6.45, 7) is 9.66. The number of likely N-dealkylation sites (tertiary alicyclic amines) is 1. The normalized spacial score (nSPS) is 16.7. The Kier molecular flexibility index (Phi) is 6.34. The Hall–Kier alpha value is -1.68. The molecular formula is C19H29N3O. The third-order valence-corrected chi connectivity index (χ3v) is 4.28. The van der Waals surface area contributed by atoms with Gasteiger partial charge in [0.2, 0.25) is 5.91 Å². The summed E-state index contributed by atoms with van der Waals surface area (Å²) in [5.41, 5.74) is 5.06. The quantitative estimate of drug-likeness (QED) is 0.669. The molecule has 1 N–H and O–H groups in total. The van der Waals surface area contributed by atoms with Crippen LogP contribution in [0, 0.1) is 0 Å². The van der Waals surface area contributed by atoms with E-state index in [2.05, 4.69) is 48.3 Å². The molecule has 1 aliphatic heterocycles. The van der Waals surface area contributed by atoms with E-state index >= 15 is 0 Å². The third-order valence-electron chi connectivity index (χ3n) is 4.28. The zero-order valence-electron chi connectivity index (χ0n) is 14.6. The molecule has 2 rings (SSSR count). The molecule has 0 atom stereocenters. The monoisotopic (exact) mass is 315 g/mol. The van der Waals surface area contributed by atoms with Crippen molar-refractivity contribution in [2.24, 2.45) is 5.10 Å². The van der Waals surface area contributed by atoms with E-state index in [0.717, 1.165) is 25.2 Å². The Bertz CT molecular complexity index is 523. The van der Waals surface area contributed by atoms with Crippen LogP contribution in [0.4, 0.5) is 0 Å². The Balaban J connectivity index is 1.73. The third kappa shape index (κ3) is 6.14. The van der Waals surface area contributed by atoms with Crippen LogP contribution in [0.25, 0.3) is 0 Å². The van der Waals surface area contributed by atoms with E-state index in [1.165, 1.54) is 24.8 Å². The average molecular weight is 315 g/mol. The number of hydrogen-bond acceptors (Lipinski definition) is 3. The Labute approximate surface area is 140 Å². The molecule has 0 saturated carbocycles. The van der Waals surface area contributed by atoms with Crippen molar-refractivity contribution in [3.8, 4) is 0 Å². The first-order valence-corrected chi connectivity index (χ1v) is 8.60. The number of carbonyl (C=O) groups is 1. The second-order valence-corrected chi connectivity index (χ2v) is 7.32. The van der Waals surface area contributed by atoms with Crippen molar-refractivity contribution in [2.45, 2.75) is 51.9 Å². The van der Waals surface area contributed by atoms with Crippen LogP contribution in [0.2, 0.25) is 0 Å². The van der Waals surface area contributed by atoms with Crippen molar-refractivity contribution < 1.29 is 4.79 Å². The fourth-order valence-corrected chi connectivity index (χ4v) is 2.75. The van der Waals surface area contributed by atoms with Gasteiger partial charge < -0.3 is 4.90 Å². The lowest BCUT2D eigenvalue weighted by molar-refractivity contribution is -0.121. The maximum absolute atomic E-state index is 11.8. The standard InChI is InChI=1S/C19H29N3O/c1-19(2,3)17-9-7-16(8-10-17)15-20-21-18(23)11-14-22-12-5-4-6-13-22/h7-10,15H,4-6,11-14H2,1-3H3,(H,21,23)/b20-15+. The highest BCUT2D eigenvalue weighted by molar-refractivity contribution is 5.82. The van der Waals surface area contributed by atoms with Gasteiger partial charge in [-0.25, -0.2) is 5.43 Å². The minimum absolute atomic E-state index is 0.0156. The number of rotatable bonds is 5. The number of amides is 1. The molecule has 0 radical (unpaired) electrons. The molecule has 23 heavy (non-hydrogen) atoms. The minimum atomic E-state index is -0.0156. The molecule has 1 aromatic rings. The molecule has 0 unspecified atom stereocenters. The smallest absolute Gasteiger partial charge is 0.241 e. The predicted octanol–water partition coefficient (Wildman–Crippen LogP) is 3.31. The predicted molar refractivity (Wildman–Crippen MR) is 95.8 cm³/mol. The lowest BCUT2D eigenvalue weighted by Gasteiger charge is -2.25. The number of nitrogens with one attached hydrogen (secondary N) is 1. The number of piperidine rings is 1. The average Bonchev–Trinajstić information content (AvgIpc) is 2.53. The molecule has 1 saturated heterocycles. The molecule has 4 nitrogen and oxygen atoms in total. The molecule has 0 bridgehead atoms. The van der Waals surface area contributed by atoms with Crippen LogP contribution in [0.15, 0.2) is 29.4 Å². The number of nitrogens with zero attached hydrogens (tertiary/aromatic N) is 2. The van der Waals surface area contributed by atoms with E-state index in [1.807, 2.05) is 12.1 Å². The summed E-state index contributed by atoms with van der Waals surface area (Å²) in [7, 11) is 0. The van der Waals surface area contributed by atoms with Crippen LogP contribution in [0.5, 0.6) is 0 Å². The van der Waals surface area contributed by atoms with Gasteiger partial charge in [0.25, 0.3) is 0 Å². The first-order valence-electron chi connectivity index (χ1n) is 8.60. The zero-order valence-corrected chi connectivity index (χ0v) is 14.6. The van der Waals surface area contributed by atoms with Crippen molar-refractivity contribution in [1.29, 1.82) is 0 Å². The highest BCUT2D eigenvalue weighted by Crippen LogP contribution is 2.21. The molecule has 1 fully saturated rings. The van der Waals surface area contributed by atoms with Gasteiger partial charge in [-0.2, -0.15) is 5.10 Å². The van der Waals surface area contributed by atoms with E-state index in [-0.39, 0.29) is 11.3 Å². The van der Waals surface area contributed by atoms with Gasteiger partial charge in [-0.1, -0.05) is 51.5 Å². The number of benzene rings is 1. The lowest BCUT2D eigenvalue weighted by Crippen LogP contribution is -2.33. The molecule has 1 aliphatic rings. The van der Waals surface area contributed by atoms with E-state index in [4.69, 9.17) is 0 Å². The number of hydrogen-bond donors (Lipinski definition) is 1. The van der Waals surface area contributed by atoms with Gasteiger partial charge in [-0.05, 0) is 42.5 Å². The van der Waals surface area contributed by atoms with E-state index in [9.17, 15) is 4.79 Å². The second-order valence-electron chi connectivity index (χ2n) is 7.32. The second kappa shape index (κ2) is 8.25. The van der Waals surface area contributed by atoms with Gasteiger partial charge in [0, 0.05) is 13.0 Å². The summed E-state index contributed by atoms with van der Waals surface area (Å²) < 4.78 is 0. The zero-order chi connectivity index (χ0) is 16.7. The fourth-order valence-electron chi connectivity index (χ4n) is 2.75. The van der Waals surface area contributed by atoms with Crippen LogP contribution >= 0.6 is 0 Å². The summed E-state index contributed by atoms with van der Waals surface area (Å²) >= 11 is 0. The highest BCUT2D eigenvalue weighted by atomic mass is 16.2. The molecule has 1 amide bonds. The summed E-state index contributed by atoms with van der Waals surface area (Å²) in [4.78, 5) is 14.2. The van der Waals surface area contributed by atoms with Crippen LogP contribution in [0.3, 0.4) is 0 Å². The summed E-state index contributed by atoms with van der Waals surface area (Å²) in [6.07, 6.45) is 6.04. The Morgan fingerprint density at radius 1 is 1.17 bits per heavy atom. The molecule has 1 heterocycles. The highest BCUT2D eigenvalue weighted by Gasteiger charge is 2.13. The summed E-state index contributed by atoms with van der Waals surface area (Å²) in [5, 5.41) is 4.05. The molecule has 1 aromatic carbocycles. The summed E-state index contributed by atoms with van der Waals surface area (Å²) in [6, 6.07) is 8.28. The van der Waals surface area contributed by atoms with Crippen molar-refractivity contribution in [3.05, 3.63) is 35.4 Å². The first-order chi connectivity index (χ1) is 10.9.